The van der Waals surface area contributed by atoms with Crippen LogP contribution in [0.2, 0.25) is 0 Å². The Morgan fingerprint density at radius 1 is 1.41 bits per heavy atom. The Labute approximate surface area is 103 Å². The SMILES string of the molecule is CCOC(=O)C1C(C)NC2CCC(OC)CC21. The van der Waals surface area contributed by atoms with Gasteiger partial charge in [-0.25, -0.2) is 0 Å². The molecule has 0 aromatic carbocycles. The van der Waals surface area contributed by atoms with Gasteiger partial charge >= 0.3 is 5.97 Å². The molecule has 1 aliphatic carbocycles. The molecule has 1 N–H and O–H groups in total. The number of fused-ring (bicyclic) bond motifs is 1. The number of methoxy groups -OCH3 is 1. The Kier molecular flexibility index (Phi) is 4.05. The fourth-order valence-electron chi connectivity index (χ4n) is 3.41. The van der Waals surface area contributed by atoms with Crippen molar-refractivity contribution in [2.24, 2.45) is 11.8 Å². The molecule has 0 aromatic rings. The molecule has 1 saturated heterocycles. The van der Waals surface area contributed by atoms with Crippen LogP contribution < -0.4 is 5.32 Å². The molecule has 0 aromatic heterocycles. The van der Waals surface area contributed by atoms with E-state index in [2.05, 4.69) is 12.2 Å². The Morgan fingerprint density at radius 3 is 2.82 bits per heavy atom. The molecule has 2 aliphatic rings. The van der Waals surface area contributed by atoms with E-state index >= 15 is 0 Å². The van der Waals surface area contributed by atoms with Gasteiger partial charge in [0.1, 0.15) is 0 Å². The maximum atomic E-state index is 12.0. The van der Waals surface area contributed by atoms with E-state index in [-0.39, 0.29) is 17.9 Å². The first kappa shape index (κ1) is 12.8. The van der Waals surface area contributed by atoms with Crippen molar-refractivity contribution in [3.63, 3.8) is 0 Å². The first-order valence-electron chi connectivity index (χ1n) is 6.62. The fraction of sp³-hybridized carbons (Fsp3) is 0.923. The van der Waals surface area contributed by atoms with Crippen LogP contribution in [0.25, 0.3) is 0 Å². The smallest absolute Gasteiger partial charge is 0.310 e. The summed E-state index contributed by atoms with van der Waals surface area (Å²) in [4.78, 5) is 12.0. The van der Waals surface area contributed by atoms with Gasteiger partial charge in [0.05, 0.1) is 18.6 Å². The van der Waals surface area contributed by atoms with Gasteiger partial charge in [-0.2, -0.15) is 0 Å². The zero-order valence-electron chi connectivity index (χ0n) is 10.9. The van der Waals surface area contributed by atoms with Crippen LogP contribution in [0.3, 0.4) is 0 Å². The second-order valence-electron chi connectivity index (χ2n) is 5.17. The topological polar surface area (TPSA) is 47.6 Å². The molecule has 2 rings (SSSR count). The molecule has 17 heavy (non-hydrogen) atoms. The van der Waals surface area contributed by atoms with Crippen molar-refractivity contribution < 1.29 is 14.3 Å². The van der Waals surface area contributed by atoms with E-state index in [4.69, 9.17) is 9.47 Å². The molecule has 0 radical (unpaired) electrons. The van der Waals surface area contributed by atoms with Crippen molar-refractivity contribution in [3.8, 4) is 0 Å². The molecule has 1 aliphatic heterocycles. The summed E-state index contributed by atoms with van der Waals surface area (Å²) in [6, 6.07) is 0.686. The van der Waals surface area contributed by atoms with Gasteiger partial charge in [0, 0.05) is 19.2 Å². The van der Waals surface area contributed by atoms with E-state index in [0.717, 1.165) is 19.3 Å². The second kappa shape index (κ2) is 5.36. The molecular weight excluding hydrogens is 218 g/mol. The van der Waals surface area contributed by atoms with Crippen LogP contribution >= 0.6 is 0 Å². The van der Waals surface area contributed by atoms with Gasteiger partial charge in [-0.3, -0.25) is 4.79 Å². The number of esters is 1. The number of nitrogens with one attached hydrogen (secondary N) is 1. The third-order valence-corrected chi connectivity index (χ3v) is 4.22. The highest BCUT2D eigenvalue weighted by Crippen LogP contribution is 2.39. The van der Waals surface area contributed by atoms with Crippen molar-refractivity contribution in [1.82, 2.24) is 5.32 Å². The molecule has 4 heteroatoms. The summed E-state index contributed by atoms with van der Waals surface area (Å²) >= 11 is 0. The first-order valence-corrected chi connectivity index (χ1v) is 6.62. The first-order chi connectivity index (χ1) is 8.17. The number of carbonyl (C=O) groups excluding carboxylic acids is 1. The summed E-state index contributed by atoms with van der Waals surface area (Å²) < 4.78 is 10.6. The number of ether oxygens (including phenoxy) is 2. The van der Waals surface area contributed by atoms with Crippen LogP contribution in [-0.2, 0) is 14.3 Å². The Morgan fingerprint density at radius 2 is 2.18 bits per heavy atom. The summed E-state index contributed by atoms with van der Waals surface area (Å²) in [6.07, 6.45) is 3.47. The van der Waals surface area contributed by atoms with Crippen molar-refractivity contribution in [2.75, 3.05) is 13.7 Å². The monoisotopic (exact) mass is 241 g/mol. The van der Waals surface area contributed by atoms with E-state index < -0.39 is 0 Å². The maximum Gasteiger partial charge on any atom is 0.310 e. The third-order valence-electron chi connectivity index (χ3n) is 4.22. The minimum absolute atomic E-state index is 0.00194. The standard InChI is InChI=1S/C13H23NO3/c1-4-17-13(15)12-8(2)14-11-6-5-9(16-3)7-10(11)12/h8-12,14H,4-7H2,1-3H3. The Balaban J connectivity index is 2.06. The largest absolute Gasteiger partial charge is 0.466 e. The van der Waals surface area contributed by atoms with Crippen LogP contribution in [0, 0.1) is 11.8 Å². The second-order valence-corrected chi connectivity index (χ2v) is 5.17. The van der Waals surface area contributed by atoms with Crippen molar-refractivity contribution in [3.05, 3.63) is 0 Å². The van der Waals surface area contributed by atoms with Crippen molar-refractivity contribution in [2.45, 2.75) is 51.3 Å². The molecule has 5 atom stereocenters. The highest BCUT2D eigenvalue weighted by molar-refractivity contribution is 5.74. The number of rotatable bonds is 3. The van der Waals surface area contributed by atoms with Crippen LogP contribution in [0.4, 0.5) is 0 Å². The number of carbonyl (C=O) groups is 1. The predicted molar refractivity (Wildman–Crippen MR) is 64.6 cm³/mol. The van der Waals surface area contributed by atoms with E-state index in [1.807, 2.05) is 6.92 Å². The highest BCUT2D eigenvalue weighted by atomic mass is 16.5. The fourth-order valence-corrected chi connectivity index (χ4v) is 3.41. The van der Waals surface area contributed by atoms with Gasteiger partial charge in [0.15, 0.2) is 0 Å². The van der Waals surface area contributed by atoms with Crippen LogP contribution in [-0.4, -0.2) is 37.9 Å². The summed E-state index contributed by atoms with van der Waals surface area (Å²) in [5.41, 5.74) is 0. The molecule has 1 heterocycles. The molecule has 5 unspecified atom stereocenters. The predicted octanol–water partition coefficient (Wildman–Crippen LogP) is 1.34. The summed E-state index contributed by atoms with van der Waals surface area (Å²) in [6.45, 7) is 4.41. The summed E-state index contributed by atoms with van der Waals surface area (Å²) in [5.74, 6) is 0.331. The van der Waals surface area contributed by atoms with Crippen LogP contribution in [0.1, 0.15) is 33.1 Å². The van der Waals surface area contributed by atoms with Gasteiger partial charge < -0.3 is 14.8 Å². The van der Waals surface area contributed by atoms with Gasteiger partial charge in [0.25, 0.3) is 0 Å². The van der Waals surface area contributed by atoms with Crippen LogP contribution in [0.5, 0.6) is 0 Å². The molecule has 4 nitrogen and oxygen atoms in total. The van der Waals surface area contributed by atoms with Gasteiger partial charge in [-0.1, -0.05) is 0 Å². The average molecular weight is 241 g/mol. The number of hydrogen-bond donors (Lipinski definition) is 1. The zero-order valence-corrected chi connectivity index (χ0v) is 10.9. The normalized spacial score (nSPS) is 41.0. The van der Waals surface area contributed by atoms with Gasteiger partial charge in [-0.05, 0) is 39.0 Å². The van der Waals surface area contributed by atoms with Gasteiger partial charge in [0.2, 0.25) is 0 Å². The lowest BCUT2D eigenvalue weighted by Gasteiger charge is -2.32. The minimum atomic E-state index is -0.0447. The molecular formula is C13H23NO3. The van der Waals surface area contributed by atoms with E-state index in [9.17, 15) is 4.79 Å². The molecule has 1 saturated carbocycles. The van der Waals surface area contributed by atoms with E-state index in [1.165, 1.54) is 0 Å². The van der Waals surface area contributed by atoms with Gasteiger partial charge in [-0.15, -0.1) is 0 Å². The van der Waals surface area contributed by atoms with Crippen molar-refractivity contribution >= 4 is 5.97 Å². The quantitative estimate of drug-likeness (QED) is 0.758. The molecule has 0 amide bonds. The molecule has 98 valence electrons. The summed E-state index contributed by atoms with van der Waals surface area (Å²) in [7, 11) is 1.76. The molecule has 0 spiro atoms. The number of hydrogen-bond acceptors (Lipinski definition) is 4. The lowest BCUT2D eigenvalue weighted by Crippen LogP contribution is -2.37. The third kappa shape index (κ3) is 2.47. The average Bonchev–Trinajstić information content (AvgIpc) is 2.64. The lowest BCUT2D eigenvalue weighted by atomic mass is 9.77. The highest BCUT2D eigenvalue weighted by Gasteiger charge is 2.48. The lowest BCUT2D eigenvalue weighted by molar-refractivity contribution is -0.150. The van der Waals surface area contributed by atoms with Crippen LogP contribution in [0.15, 0.2) is 0 Å². The Hall–Kier alpha value is -0.610. The van der Waals surface area contributed by atoms with E-state index in [1.54, 1.807) is 7.11 Å². The van der Waals surface area contributed by atoms with E-state index in [0.29, 0.717) is 24.7 Å². The maximum absolute atomic E-state index is 12.0. The minimum Gasteiger partial charge on any atom is -0.466 e. The summed E-state index contributed by atoms with van der Waals surface area (Å²) in [5, 5.41) is 3.53. The molecule has 2 fully saturated rings. The van der Waals surface area contributed by atoms with Crippen molar-refractivity contribution in [1.29, 1.82) is 0 Å². The Bertz CT molecular complexity index is 282. The zero-order chi connectivity index (χ0) is 12.4. The molecule has 0 bridgehead atoms.